The molecule has 0 saturated heterocycles. The molecule has 1 aromatic carbocycles. The Labute approximate surface area is 144 Å². The van der Waals surface area contributed by atoms with Crippen molar-refractivity contribution in [1.29, 1.82) is 0 Å². The van der Waals surface area contributed by atoms with Crippen molar-refractivity contribution in [2.75, 3.05) is 23.2 Å². The fraction of sp³-hybridized carbons (Fsp3) is 0.389. The molecule has 0 spiro atoms. The fourth-order valence-corrected chi connectivity index (χ4v) is 3.34. The van der Waals surface area contributed by atoms with E-state index in [4.69, 9.17) is 0 Å². The predicted molar refractivity (Wildman–Crippen MR) is 99.0 cm³/mol. The standard InChI is InChI=1S/C18H25N3O2S/c1-4-6-13-21(3)18-12-9-16(14-19-18)20-24(22,23)17-10-7-15(5-2)8-11-17/h7-12,14,20H,4-6,13H2,1-3H3. The van der Waals surface area contributed by atoms with Crippen LogP contribution in [0.5, 0.6) is 0 Å². The molecule has 6 heteroatoms. The lowest BCUT2D eigenvalue weighted by Crippen LogP contribution is -2.19. The lowest BCUT2D eigenvalue weighted by Gasteiger charge is -2.18. The van der Waals surface area contributed by atoms with E-state index in [2.05, 4.69) is 21.5 Å². The molecule has 0 unspecified atom stereocenters. The van der Waals surface area contributed by atoms with Crippen LogP contribution in [0.25, 0.3) is 0 Å². The van der Waals surface area contributed by atoms with Gasteiger partial charge in [0, 0.05) is 13.6 Å². The monoisotopic (exact) mass is 347 g/mol. The van der Waals surface area contributed by atoms with Gasteiger partial charge in [0.25, 0.3) is 10.0 Å². The van der Waals surface area contributed by atoms with Crippen LogP contribution in [-0.4, -0.2) is 27.0 Å². The van der Waals surface area contributed by atoms with E-state index in [1.807, 2.05) is 32.2 Å². The summed E-state index contributed by atoms with van der Waals surface area (Å²) in [6.07, 6.45) is 4.65. The van der Waals surface area contributed by atoms with E-state index in [0.717, 1.165) is 37.2 Å². The molecule has 0 radical (unpaired) electrons. The fourth-order valence-electron chi connectivity index (χ4n) is 2.30. The van der Waals surface area contributed by atoms with Crippen LogP contribution in [0.2, 0.25) is 0 Å². The minimum atomic E-state index is -3.59. The van der Waals surface area contributed by atoms with Crippen molar-refractivity contribution < 1.29 is 8.42 Å². The first-order chi connectivity index (χ1) is 11.5. The van der Waals surface area contributed by atoms with Crippen LogP contribution in [0.4, 0.5) is 11.5 Å². The Morgan fingerprint density at radius 3 is 2.33 bits per heavy atom. The Bertz CT molecular complexity index is 741. The SMILES string of the molecule is CCCCN(C)c1ccc(NS(=O)(=O)c2ccc(CC)cc2)cn1. The Hall–Kier alpha value is -2.08. The van der Waals surface area contributed by atoms with Crippen LogP contribution in [0.3, 0.4) is 0 Å². The van der Waals surface area contributed by atoms with E-state index >= 15 is 0 Å². The maximum Gasteiger partial charge on any atom is 0.261 e. The third-order valence-corrected chi connectivity index (χ3v) is 5.28. The molecule has 2 aromatic rings. The summed E-state index contributed by atoms with van der Waals surface area (Å²) in [5.41, 5.74) is 1.57. The summed E-state index contributed by atoms with van der Waals surface area (Å²) in [7, 11) is -1.61. The number of pyridine rings is 1. The van der Waals surface area contributed by atoms with Gasteiger partial charge >= 0.3 is 0 Å². The molecule has 0 aliphatic heterocycles. The first-order valence-electron chi connectivity index (χ1n) is 8.25. The second-order valence-electron chi connectivity index (χ2n) is 5.78. The second-order valence-corrected chi connectivity index (χ2v) is 7.47. The third kappa shape index (κ3) is 4.71. The molecule has 1 N–H and O–H groups in total. The quantitative estimate of drug-likeness (QED) is 0.791. The summed E-state index contributed by atoms with van der Waals surface area (Å²) in [6, 6.07) is 10.5. The Morgan fingerprint density at radius 2 is 1.79 bits per heavy atom. The topological polar surface area (TPSA) is 62.3 Å². The van der Waals surface area contributed by atoms with Crippen molar-refractivity contribution in [1.82, 2.24) is 4.98 Å². The lowest BCUT2D eigenvalue weighted by molar-refractivity contribution is 0.601. The van der Waals surface area contributed by atoms with E-state index in [0.29, 0.717) is 5.69 Å². The zero-order valence-electron chi connectivity index (χ0n) is 14.5. The number of rotatable bonds is 8. The molecule has 0 aliphatic carbocycles. The van der Waals surface area contributed by atoms with E-state index in [1.165, 1.54) is 0 Å². The van der Waals surface area contributed by atoms with Gasteiger partial charge < -0.3 is 4.90 Å². The number of benzene rings is 1. The highest BCUT2D eigenvalue weighted by molar-refractivity contribution is 7.92. The molecule has 24 heavy (non-hydrogen) atoms. The van der Waals surface area contributed by atoms with Crippen molar-refractivity contribution in [3.63, 3.8) is 0 Å². The van der Waals surface area contributed by atoms with Crippen molar-refractivity contribution in [3.05, 3.63) is 48.2 Å². The van der Waals surface area contributed by atoms with Gasteiger partial charge in [-0.15, -0.1) is 0 Å². The summed E-state index contributed by atoms with van der Waals surface area (Å²) in [4.78, 5) is 6.65. The molecule has 2 rings (SSSR count). The minimum absolute atomic E-state index is 0.254. The van der Waals surface area contributed by atoms with Crippen LogP contribution in [0.15, 0.2) is 47.5 Å². The number of sulfonamides is 1. The maximum absolute atomic E-state index is 12.4. The summed E-state index contributed by atoms with van der Waals surface area (Å²) in [5, 5.41) is 0. The molecule has 0 saturated carbocycles. The number of aromatic nitrogens is 1. The minimum Gasteiger partial charge on any atom is -0.360 e. The van der Waals surface area contributed by atoms with Crippen molar-refractivity contribution in [2.24, 2.45) is 0 Å². The van der Waals surface area contributed by atoms with E-state index in [-0.39, 0.29) is 4.90 Å². The molecule has 5 nitrogen and oxygen atoms in total. The Balaban J connectivity index is 2.09. The molecule has 0 amide bonds. The lowest BCUT2D eigenvalue weighted by atomic mass is 10.2. The van der Waals surface area contributed by atoms with E-state index in [1.54, 1.807) is 24.4 Å². The van der Waals surface area contributed by atoms with Crippen molar-refractivity contribution >= 4 is 21.5 Å². The zero-order valence-corrected chi connectivity index (χ0v) is 15.3. The largest absolute Gasteiger partial charge is 0.360 e. The van der Waals surface area contributed by atoms with Crippen LogP contribution in [-0.2, 0) is 16.4 Å². The molecule has 0 atom stereocenters. The Kier molecular flexibility index (Phi) is 6.20. The number of nitrogens with zero attached hydrogens (tertiary/aromatic N) is 2. The van der Waals surface area contributed by atoms with Crippen LogP contribution in [0.1, 0.15) is 32.3 Å². The predicted octanol–water partition coefficient (Wildman–Crippen LogP) is 3.68. The number of hydrogen-bond acceptors (Lipinski definition) is 4. The number of nitrogens with one attached hydrogen (secondary N) is 1. The first kappa shape index (κ1) is 18.3. The smallest absolute Gasteiger partial charge is 0.261 e. The zero-order chi connectivity index (χ0) is 17.6. The third-order valence-electron chi connectivity index (χ3n) is 3.88. The molecule has 0 fully saturated rings. The van der Waals surface area contributed by atoms with Crippen molar-refractivity contribution in [3.8, 4) is 0 Å². The van der Waals surface area contributed by atoms with E-state index in [9.17, 15) is 8.42 Å². The van der Waals surface area contributed by atoms with Gasteiger partial charge in [0.15, 0.2) is 0 Å². The van der Waals surface area contributed by atoms with Gasteiger partial charge in [-0.2, -0.15) is 0 Å². The molecule has 0 aliphatic rings. The van der Waals surface area contributed by atoms with Gasteiger partial charge in [0.2, 0.25) is 0 Å². The number of unbranched alkanes of at least 4 members (excludes halogenated alkanes) is 1. The normalized spacial score (nSPS) is 11.3. The van der Waals surface area contributed by atoms with Gasteiger partial charge in [0.1, 0.15) is 5.82 Å². The summed E-state index contributed by atoms with van der Waals surface area (Å²) in [6.45, 7) is 5.11. The summed E-state index contributed by atoms with van der Waals surface area (Å²) in [5.74, 6) is 0.832. The molecule has 130 valence electrons. The van der Waals surface area contributed by atoms with Crippen LogP contribution < -0.4 is 9.62 Å². The number of aryl methyl sites for hydroxylation is 1. The second kappa shape index (κ2) is 8.15. The van der Waals surface area contributed by atoms with E-state index < -0.39 is 10.0 Å². The maximum atomic E-state index is 12.4. The molecule has 1 aromatic heterocycles. The summed E-state index contributed by atoms with van der Waals surface area (Å²) < 4.78 is 27.4. The number of hydrogen-bond donors (Lipinski definition) is 1. The van der Waals surface area contributed by atoms with Gasteiger partial charge in [0.05, 0.1) is 16.8 Å². The molecular formula is C18H25N3O2S. The number of anilines is 2. The average molecular weight is 347 g/mol. The molecular weight excluding hydrogens is 322 g/mol. The summed E-state index contributed by atoms with van der Waals surface area (Å²) >= 11 is 0. The average Bonchev–Trinajstić information content (AvgIpc) is 2.60. The van der Waals surface area contributed by atoms with Crippen LogP contribution >= 0.6 is 0 Å². The molecule has 1 heterocycles. The first-order valence-corrected chi connectivity index (χ1v) is 9.73. The van der Waals surface area contributed by atoms with Gasteiger partial charge in [-0.3, -0.25) is 4.72 Å². The molecule has 0 bridgehead atoms. The van der Waals surface area contributed by atoms with Gasteiger partial charge in [-0.25, -0.2) is 13.4 Å². The highest BCUT2D eigenvalue weighted by atomic mass is 32.2. The van der Waals surface area contributed by atoms with Gasteiger partial charge in [-0.05, 0) is 42.7 Å². The van der Waals surface area contributed by atoms with Crippen LogP contribution in [0, 0.1) is 0 Å². The highest BCUT2D eigenvalue weighted by Crippen LogP contribution is 2.18. The van der Waals surface area contributed by atoms with Crippen molar-refractivity contribution in [2.45, 2.75) is 38.0 Å². The Morgan fingerprint density at radius 1 is 1.08 bits per heavy atom. The highest BCUT2D eigenvalue weighted by Gasteiger charge is 2.14. The van der Waals surface area contributed by atoms with Gasteiger partial charge in [-0.1, -0.05) is 32.4 Å².